The molecule has 12 rings (SSSR count). The number of rotatable bonds is 30. The largest absolute Gasteiger partial charge is 0.463 e. The number of imidazole rings is 1. The highest BCUT2D eigenvalue weighted by Gasteiger charge is 2.60. The topological polar surface area (TPSA) is 497 Å². The summed E-state index contributed by atoms with van der Waals surface area (Å²) < 4.78 is 180. The number of nitrogens with two attached hydrogens (primary N) is 3. The van der Waals surface area contributed by atoms with Gasteiger partial charge in [-0.15, -0.1) is 17.8 Å². The van der Waals surface area contributed by atoms with E-state index in [9.17, 15) is 57.4 Å². The van der Waals surface area contributed by atoms with Crippen LogP contribution in [0.2, 0.25) is 0 Å². The van der Waals surface area contributed by atoms with E-state index in [1.165, 1.54) is 112 Å². The minimum atomic E-state index is -4.58. The number of carbonyl (C=O) groups excluding carboxylic acids is 3. The average molecular weight is 1830 g/mol. The summed E-state index contributed by atoms with van der Waals surface area (Å²) in [5, 5.41) is 33.7. The van der Waals surface area contributed by atoms with E-state index in [1.54, 1.807) is 96.1 Å². The summed E-state index contributed by atoms with van der Waals surface area (Å²) >= 11 is 20.4. The Labute approximate surface area is 728 Å². The number of ether oxygens (including phenoxy) is 6. The zero-order chi connectivity index (χ0) is 95.2. The molecule has 660 valence electrons. The number of nitrogens with one attached hydrogen (secondary N) is 2. The van der Waals surface area contributed by atoms with Crippen molar-refractivity contribution in [3.63, 3.8) is 0 Å². The molecule has 9 aromatic rings. The van der Waals surface area contributed by atoms with E-state index >= 15 is 0 Å². The van der Waals surface area contributed by atoms with Gasteiger partial charge in [-0.1, -0.05) is 128 Å². The van der Waals surface area contributed by atoms with Crippen LogP contribution in [0.4, 0.5) is 22.2 Å². The number of anilines is 3. The average Bonchev–Trinajstić information content (AvgIpc) is 1.58. The normalized spacial score (nSPS) is 25.5. The molecule has 3 aliphatic heterocycles. The lowest BCUT2D eigenvalue weighted by atomic mass is 9.99. The fourth-order valence-corrected chi connectivity index (χ4v) is 18.8. The highest BCUT2D eigenvalue weighted by Crippen LogP contribution is 2.56. The quantitative estimate of drug-likeness (QED) is 0.00681. The highest BCUT2D eigenvalue weighted by molar-refractivity contribution is 7.55. The third-order valence-corrected chi connectivity index (χ3v) is 25.1. The summed E-state index contributed by atoms with van der Waals surface area (Å²) in [4.78, 5) is 81.3. The number of esters is 3. The molecule has 0 aliphatic carbocycles. The number of para-hydroxylation sites is 3. The summed E-state index contributed by atoms with van der Waals surface area (Å²) in [6.07, 6.45) is -14.0. The van der Waals surface area contributed by atoms with Crippen molar-refractivity contribution in [2.24, 2.45) is 17.8 Å². The van der Waals surface area contributed by atoms with Crippen molar-refractivity contribution in [1.29, 1.82) is 0 Å². The van der Waals surface area contributed by atoms with Gasteiger partial charge < -0.3 is 79.1 Å². The first-order valence-corrected chi connectivity index (χ1v) is 44.1. The number of aliphatic hydroxyl groups excluding tert-OH is 3. The van der Waals surface area contributed by atoms with Gasteiger partial charge >= 0.3 is 40.7 Å². The fraction of sp³-hybridized carbons (Fsp3) is 0.450. The molecule has 0 radical (unpaired) electrons. The minimum Gasteiger partial charge on any atom is -0.463 e. The number of alkyl halides is 3. The number of benzene rings is 3. The van der Waals surface area contributed by atoms with Gasteiger partial charge in [-0.2, -0.15) is 15.0 Å². The molecule has 0 saturated carbocycles. The van der Waals surface area contributed by atoms with Crippen LogP contribution in [0.15, 0.2) is 132 Å². The zero-order valence-corrected chi connectivity index (χ0v) is 72.9. The van der Waals surface area contributed by atoms with Crippen LogP contribution in [0.3, 0.4) is 0 Å². The van der Waals surface area contributed by atoms with Gasteiger partial charge in [0.05, 0.1) is 100 Å². The molecule has 0 amide bonds. The summed E-state index contributed by atoms with van der Waals surface area (Å²) in [6, 6.07) is 25.0. The van der Waals surface area contributed by atoms with Crippen LogP contribution in [-0.4, -0.2) is 190 Å². The molecule has 0 bridgehead atoms. The molecule has 3 fully saturated rings. The van der Waals surface area contributed by atoms with Crippen LogP contribution in [0.25, 0.3) is 33.2 Å². The Morgan fingerprint density at radius 2 is 0.894 bits per heavy atom. The van der Waals surface area contributed by atoms with E-state index < -0.39 is 207 Å². The van der Waals surface area contributed by atoms with E-state index in [0.29, 0.717) is 5.52 Å². The van der Waals surface area contributed by atoms with Crippen molar-refractivity contribution in [2.45, 2.75) is 171 Å². The first-order valence-electron chi connectivity index (χ1n) is 40.8. The summed E-state index contributed by atoms with van der Waals surface area (Å²) in [5.74, 6) is 9.12. The van der Waals surface area contributed by atoms with Crippen LogP contribution < -0.4 is 41.9 Å². The molecule has 11 N–H and O–H groups in total. The highest BCUT2D eigenvalue weighted by atomic mass is 35.5. The van der Waals surface area contributed by atoms with Crippen LogP contribution >= 0.6 is 57.6 Å². The van der Waals surface area contributed by atoms with Gasteiger partial charge in [0.15, 0.2) is 56.1 Å². The van der Waals surface area contributed by atoms with Crippen molar-refractivity contribution >= 4 is 127 Å². The third-order valence-electron chi connectivity index (χ3n) is 18.0. The molecule has 3 aliphatic rings. The number of nitrogen functional groups attached to an aromatic ring is 3. The van der Waals surface area contributed by atoms with Gasteiger partial charge in [0.25, 0.3) is 11.1 Å². The van der Waals surface area contributed by atoms with Crippen molar-refractivity contribution in [3.05, 3.63) is 149 Å². The summed E-state index contributed by atoms with van der Waals surface area (Å²) in [6.45, 7) is 9.41. The van der Waals surface area contributed by atoms with Gasteiger partial charge in [-0.3, -0.25) is 56.6 Å². The first kappa shape index (κ1) is 86.6. The molecule has 9 heterocycles. The van der Waals surface area contributed by atoms with Gasteiger partial charge in [0.1, 0.15) is 64.8 Å². The van der Waals surface area contributed by atoms with E-state index in [-0.39, 0.29) is 57.4 Å². The molecule has 3 aromatic carbocycles. The Bertz CT molecular complexity index is 6070. The molecule has 3 unspecified atom stereocenters. The Morgan fingerprint density at radius 1 is 0.537 bits per heavy atom. The monoisotopic (exact) mass is 1830 g/mol. The Balaban J connectivity index is 0.000000201. The van der Waals surface area contributed by atoms with E-state index in [2.05, 4.69) is 70.4 Å². The number of fused-ring (bicyclic) bond motifs is 3. The summed E-state index contributed by atoms with van der Waals surface area (Å²) in [5.41, 5.74) is 15.9. The molecular weight excluding hydrogens is 1730 g/mol. The smallest absolute Gasteiger partial charge is 0.380 e. The lowest BCUT2D eigenvalue weighted by Crippen LogP contribution is -2.41. The second-order valence-electron chi connectivity index (χ2n) is 28.9. The van der Waals surface area contributed by atoms with Crippen molar-refractivity contribution in [2.75, 3.05) is 55.4 Å². The second-order valence-corrected chi connectivity index (χ2v) is 36.6. The lowest BCUT2D eigenvalue weighted by Gasteiger charge is -2.26. The van der Waals surface area contributed by atoms with Crippen LogP contribution in [0.5, 0.6) is 17.2 Å². The zero-order valence-electron chi connectivity index (χ0n) is 74.0. The molecule has 43 heteroatoms. The van der Waals surface area contributed by atoms with Crippen molar-refractivity contribution in [3.8, 4) is 52.8 Å². The van der Waals surface area contributed by atoms with Crippen molar-refractivity contribution < 1.29 is 112 Å². The number of hydrogen-bond acceptors (Lipinski definition) is 31. The Morgan fingerprint density at radius 3 is 1.27 bits per heavy atom. The number of carbonyl (C=O) groups is 3. The first-order chi connectivity index (χ1) is 60.3. The third kappa shape index (κ3) is 22.6. The maximum atomic E-state index is 14.9. The number of aliphatic hydroxyl groups is 3. The number of halogens is 4. The number of aromatic nitrogens is 10. The minimum absolute atomic E-state index is 0.0408. The lowest BCUT2D eigenvalue weighted by molar-refractivity contribution is -0.152. The molecule has 18 atom stereocenters. The predicted molar refractivity (Wildman–Crippen MR) is 453 cm³/mol. The van der Waals surface area contributed by atoms with E-state index in [1.807, 2.05) is 0 Å². The SMILES string of the molecule is [2H]C([2H])(O[P@@](=O)(C[C@@H](C)C(=O)OC(C)C)Oc1ccccc1)[C@H]1O[C@@H](n2cc(F)c3c(=O)[nH]c(N)nc32)C(Cl)(C#CC)[C@H]1O.[2H]C([2H])(O[P@@](=O)(C[C@@H](C)C(=O)OC(C)C)Oc1ccccc1)[C@H]1O[C@@H](n2ccc3c(=O)[nH]c(N)nc32)C(Cl)(C#CC)[C@H]1O.[2H]C([2H])(O[P@@](=O)(C[C@@H](C)C(=O)OC(C)C)Oc1ccccc1)[C@H]1O[C@@H](n2cnc3cnc(N)nc32)C(Cl)(C#CC)[C@H]1O. The van der Waals surface area contributed by atoms with Gasteiger partial charge in [0, 0.05) is 12.4 Å². The van der Waals surface area contributed by atoms with Crippen molar-refractivity contribution in [1.82, 2.24) is 48.6 Å². The standard InChI is InChI=1S/C27H31ClFN4O8P.C27H32ClN4O8P.C26H31ClN5O7P/c1-5-11-27(28)21(34)19(40-25(27)33-12-18(29)20-22(33)31-26(30)32-23(20)35)13-38-42(37,41-17-9-7-6-8-10-17)14-16(4)24(36)39-15(2)3;1-5-12-27(28)21(33)20(39-25(27)32-13-11-19-22(32)30-26(29)31-23(19)34)14-37-41(36,40-18-9-7-6-8-10-18)15-17(4)24(35)38-16(2)3;1-5-11-26(27)21(33)20(38-24(26)32-15-30-19-12-29-25(28)31-22(19)32)13-36-40(35,39-18-9-7-6-8-10-18)14-17(4)23(34)37-16(2)3/h6-10,12,15-16,19,21,25,34H,13-14H2,1-4H3,(H3,30,31,32,35);6-11,13,16-17,20-21,25,33H,14-15H2,1-4H3,(H3,29,30,31,34);6-10,12,15-17,20-21,24,33H,13-14H2,1-4H3,(H2,28,29,31)/t16-,19-,21+,25-,27?,42+;17-,20-,21+,25-,27?,41+;17-,20-,21+,24-,26?,40+/m111/s1/i13D2;14D2;13D2. The van der Waals surface area contributed by atoms with Gasteiger partial charge in [-0.05, 0) is 105 Å². The maximum absolute atomic E-state index is 14.9. The number of aromatic amines is 2. The second kappa shape index (κ2) is 40.4. The Hall–Kier alpha value is -9.93. The number of nitrogens with zero attached hydrogens (tertiary/aromatic N) is 8. The van der Waals surface area contributed by atoms with Gasteiger partial charge in [-0.25, -0.2) is 28.1 Å². The maximum Gasteiger partial charge on any atom is 0.380 e. The van der Waals surface area contributed by atoms with E-state index in [0.717, 1.165) is 10.8 Å². The van der Waals surface area contributed by atoms with E-state index in [4.69, 9.17) is 116 Å². The van der Waals surface area contributed by atoms with Gasteiger partial charge in [0.2, 0.25) is 17.8 Å². The molecule has 36 nitrogen and oxygen atoms in total. The predicted octanol–water partition coefficient (Wildman–Crippen LogP) is 10.6. The number of hydrogen-bond donors (Lipinski definition) is 8. The molecule has 6 aromatic heterocycles. The molecule has 0 spiro atoms. The summed E-state index contributed by atoms with van der Waals surface area (Å²) in [7, 11) is -13.6. The van der Waals surface area contributed by atoms with Crippen LogP contribution in [-0.2, 0) is 70.1 Å². The van der Waals surface area contributed by atoms with Crippen LogP contribution in [0, 0.1) is 59.1 Å². The Kier molecular flexibility index (Phi) is 28.4. The molecule has 123 heavy (non-hydrogen) atoms. The molecular formula is C80H94Cl3FN13O23P3. The van der Waals surface area contributed by atoms with Crippen LogP contribution in [0.1, 0.15) is 110 Å². The number of H-pyrrole nitrogens is 2. The fourth-order valence-electron chi connectivity index (χ4n) is 12.5. The molecule has 3 saturated heterocycles.